The Morgan fingerprint density at radius 2 is 0.350 bits per heavy atom. The van der Waals surface area contributed by atoms with Crippen LogP contribution in [-0.4, -0.2) is 117 Å². The smallest absolute Gasteiger partial charge is 0.413 e. The molecule has 2 unspecified atom stereocenters. The van der Waals surface area contributed by atoms with Crippen molar-refractivity contribution in [1.29, 1.82) is 0 Å². The van der Waals surface area contributed by atoms with E-state index in [4.69, 9.17) is 95.0 Å². The molecule has 7 aliphatic rings. The molecule has 0 aromatic heterocycles. The SMILES string of the molecule is CC1(C)COP(=O)(NN=Cc2ccc(OP3(Oc4ccc(/C=N\NP5(=O)OCC(C)(C)CO5)cc4)=NP(Oc4ccc(/C=N\NP5(=O)OCC(C)(C)CO5)cc4)(Oc4ccc(/C=N\NP5(=O)OCC(C)(C)CO5)cc4)=NP(Oc4ccc(/C=N\NP5(=O)OCC(C)(C)CO5)cc4)(Oc4ccc(/C=N/NP5(=O)OCC(C)(C)CO5)cc4)=N3)cc2)OC1. The van der Waals surface area contributed by atoms with Crippen LogP contribution in [0.2, 0.25) is 0 Å². The Bertz CT molecular complexity index is 4440. The van der Waals surface area contributed by atoms with Crippen molar-refractivity contribution in [1.82, 2.24) is 31.2 Å². The summed E-state index contributed by atoms with van der Waals surface area (Å²) in [6.45, 7) is 24.8. The van der Waals surface area contributed by atoms with Crippen LogP contribution in [0.5, 0.6) is 34.5 Å². The van der Waals surface area contributed by atoms with E-state index in [-0.39, 0.29) is 146 Å². The second kappa shape index (κ2) is 36.4. The fourth-order valence-corrected chi connectivity index (χ4v) is 27.9. The van der Waals surface area contributed by atoms with E-state index in [9.17, 15) is 27.4 Å². The number of hydrazone groups is 6. The standard InChI is InChI=1S/C72H96N15O24P9/c1-67(2)43-94-115(88,95-44-67)79-73-37-55-13-25-61(26-14-55)106-112(107-62-27-15-56(16-28-62)38-74-80-116(89)96-45-68(3,4)46-97-116)85-113(108-63-29-17-57(18-30-63)39-75-81-117(90)98-47-69(5,6)48-99-117,109-64-31-19-58(20-32-64)40-76-82-118(91)100-49-70(7,8)50-101-118)87-114(86-112,110-65-33-21-59(22-34-65)41-77-83-119(92)102-51-71(9,10)52-103-119)111-66-35-23-60(24-36-66)42-78-84-120(93)104-53-72(11,12)54-105-120/h13-42H,43-54H2,1-12H3,(H,79,88)(H,80,89)(H,81,90)(H,82,91)(H,83,92)(H,84,93)/b73-37-,74-38-,75-39-,76-40+,77-41-,78-42?. The van der Waals surface area contributed by atoms with Crippen molar-refractivity contribution in [2.75, 3.05) is 79.3 Å². The van der Waals surface area contributed by atoms with E-state index >= 15 is 0 Å². The third-order valence-electron chi connectivity index (χ3n) is 17.2. The highest BCUT2D eigenvalue weighted by Crippen LogP contribution is 2.79. The minimum atomic E-state index is -4.78. The van der Waals surface area contributed by atoms with Gasteiger partial charge in [0.05, 0.1) is 117 Å². The molecule has 6 aromatic rings. The second-order valence-corrected chi connectivity index (χ2v) is 49.6. The molecule has 13 rings (SSSR count). The molecule has 39 nitrogen and oxygen atoms in total. The first-order valence-corrected chi connectivity index (χ1v) is 51.3. The molecule has 48 heteroatoms. The van der Waals surface area contributed by atoms with Gasteiger partial charge in [-0.05, 0) is 179 Å². The van der Waals surface area contributed by atoms with Crippen LogP contribution in [0.1, 0.15) is 116 Å². The van der Waals surface area contributed by atoms with Crippen molar-refractivity contribution in [3.63, 3.8) is 0 Å². The topological polar surface area (TPSA) is 452 Å². The van der Waals surface area contributed by atoms with Crippen molar-refractivity contribution in [3.8, 4) is 34.5 Å². The monoisotopic (exact) mass is 1830 g/mol. The van der Waals surface area contributed by atoms with Gasteiger partial charge in [-0.1, -0.05) is 96.6 Å². The molecule has 648 valence electrons. The maximum Gasteiger partial charge on any atom is 0.460 e. The van der Waals surface area contributed by atoms with E-state index in [2.05, 4.69) is 61.8 Å². The molecule has 0 aliphatic carbocycles. The Labute approximate surface area is 695 Å². The molecular formula is C72H96N15O24P9. The zero-order valence-corrected chi connectivity index (χ0v) is 75.7. The van der Waals surface area contributed by atoms with Crippen molar-refractivity contribution >= 4 is 107 Å². The van der Waals surface area contributed by atoms with Gasteiger partial charge in [0.15, 0.2) is 0 Å². The molecule has 0 radical (unpaired) electrons. The number of hydrogen-bond donors (Lipinski definition) is 6. The number of nitrogens with one attached hydrogen (secondary N) is 6. The second-order valence-electron chi connectivity index (χ2n) is 33.1. The van der Waals surface area contributed by atoms with E-state index in [0.29, 0.717) is 33.4 Å². The van der Waals surface area contributed by atoms with Gasteiger partial charge >= 0.3 is 69.5 Å². The lowest BCUT2D eigenvalue weighted by Gasteiger charge is -2.33. The molecule has 6 saturated heterocycles. The summed E-state index contributed by atoms with van der Waals surface area (Å²) >= 11 is 0. The van der Waals surface area contributed by atoms with Crippen LogP contribution < -0.4 is 58.3 Å². The number of nitrogens with zero attached hydrogens (tertiary/aromatic N) is 9. The Balaban J connectivity index is 0.959. The molecular weight excluding hydrogens is 1740 g/mol. The lowest BCUT2D eigenvalue weighted by Crippen LogP contribution is -2.31. The molecule has 0 amide bonds. The van der Waals surface area contributed by atoms with Gasteiger partial charge in [0.25, 0.3) is 0 Å². The molecule has 7 aliphatic heterocycles. The molecule has 6 N–H and O–H groups in total. The number of benzene rings is 6. The van der Waals surface area contributed by atoms with Crippen LogP contribution in [-0.2, 0) is 81.7 Å². The van der Waals surface area contributed by atoms with Crippen LogP contribution in [0.3, 0.4) is 0 Å². The van der Waals surface area contributed by atoms with Crippen molar-refractivity contribution in [3.05, 3.63) is 179 Å². The van der Waals surface area contributed by atoms with Crippen LogP contribution in [0.15, 0.2) is 190 Å². The van der Waals surface area contributed by atoms with Crippen LogP contribution in [0.25, 0.3) is 0 Å². The van der Waals surface area contributed by atoms with Gasteiger partial charge in [0.2, 0.25) is 0 Å². The number of hydrogen-bond acceptors (Lipinski definition) is 33. The predicted octanol–water partition coefficient (Wildman–Crippen LogP) is 18.9. The Hall–Kier alpha value is -7.47. The first kappa shape index (κ1) is 90.3. The summed E-state index contributed by atoms with van der Waals surface area (Å²) in [6, 6.07) is 38.4. The lowest BCUT2D eigenvalue weighted by molar-refractivity contribution is 0.0371. The Kier molecular flexibility index (Phi) is 27.4. The van der Waals surface area contributed by atoms with Gasteiger partial charge in [0.1, 0.15) is 34.5 Å². The van der Waals surface area contributed by atoms with E-state index in [1.165, 1.54) is 37.3 Å². The average molecular weight is 1830 g/mol. The van der Waals surface area contributed by atoms with Crippen LogP contribution in [0.4, 0.5) is 0 Å². The fourth-order valence-electron chi connectivity index (χ4n) is 10.3. The van der Waals surface area contributed by atoms with Crippen molar-refractivity contribution in [2.24, 2.45) is 76.6 Å². The van der Waals surface area contributed by atoms with Crippen LogP contribution >= 0.6 is 69.5 Å². The van der Waals surface area contributed by atoms with Gasteiger partial charge in [-0.3, -0.25) is 54.3 Å². The van der Waals surface area contributed by atoms with E-state index in [0.717, 1.165) is 0 Å². The van der Waals surface area contributed by atoms with Crippen molar-refractivity contribution in [2.45, 2.75) is 83.1 Å². The normalized spacial score (nSPS) is 25.0. The Morgan fingerprint density at radius 1 is 0.233 bits per heavy atom. The lowest BCUT2D eigenvalue weighted by atomic mass is 9.97. The van der Waals surface area contributed by atoms with Crippen molar-refractivity contribution < 1.29 is 109 Å². The van der Waals surface area contributed by atoms with Gasteiger partial charge < -0.3 is 27.1 Å². The summed E-state index contributed by atoms with van der Waals surface area (Å²) in [5.74, 6) is 0.375. The largest absolute Gasteiger partial charge is 0.460 e. The molecule has 6 fully saturated rings. The van der Waals surface area contributed by atoms with Gasteiger partial charge in [-0.15, -0.1) is 0 Å². The highest BCUT2D eigenvalue weighted by molar-refractivity contribution is 7.79. The number of rotatable bonds is 30. The van der Waals surface area contributed by atoms with Crippen LogP contribution in [0, 0.1) is 32.5 Å². The first-order chi connectivity index (χ1) is 56.5. The summed E-state index contributed by atoms with van der Waals surface area (Å²) in [7, 11) is -37.3. The molecule has 6 aromatic carbocycles. The summed E-state index contributed by atoms with van der Waals surface area (Å²) < 4.78 is 208. The molecule has 0 bridgehead atoms. The van der Waals surface area contributed by atoms with Gasteiger partial charge in [0, 0.05) is 32.5 Å². The maximum atomic E-state index is 13.5. The molecule has 7 heterocycles. The summed E-state index contributed by atoms with van der Waals surface area (Å²) in [5, 5.41) is 40.6. The zero-order chi connectivity index (χ0) is 85.5. The highest BCUT2D eigenvalue weighted by Gasteiger charge is 2.50. The highest BCUT2D eigenvalue weighted by atomic mass is 31.3. The third kappa shape index (κ3) is 25.8. The predicted molar refractivity (Wildman–Crippen MR) is 455 cm³/mol. The maximum absolute atomic E-state index is 13.5. The van der Waals surface area contributed by atoms with E-state index in [1.807, 2.05) is 83.1 Å². The molecule has 120 heavy (non-hydrogen) atoms. The fraction of sp³-hybridized carbons (Fsp3) is 0.417. The van der Waals surface area contributed by atoms with E-state index < -0.39 is 69.5 Å². The summed E-state index contributed by atoms with van der Waals surface area (Å²) in [5.41, 5.74) is 0.510. The van der Waals surface area contributed by atoms with Gasteiger partial charge in [-0.2, -0.15) is 30.6 Å². The van der Waals surface area contributed by atoms with Gasteiger partial charge in [-0.25, -0.2) is 58.6 Å². The zero-order valence-electron chi connectivity index (χ0n) is 67.7. The first-order valence-electron chi connectivity index (χ1n) is 37.4. The molecule has 0 spiro atoms. The minimum Gasteiger partial charge on any atom is -0.413 e. The molecule has 2 atom stereocenters. The average Bonchev–Trinajstić information content (AvgIpc) is 0.727. The summed E-state index contributed by atoms with van der Waals surface area (Å²) in [4.78, 5) is 0. The third-order valence-corrected chi connectivity index (χ3v) is 33.1. The minimum absolute atomic E-state index is 0.0624. The Morgan fingerprint density at radius 3 is 0.467 bits per heavy atom. The molecule has 0 saturated carbocycles. The summed E-state index contributed by atoms with van der Waals surface area (Å²) in [6.07, 6.45) is 8.37. The quantitative estimate of drug-likeness (QED) is 0.0139. The van der Waals surface area contributed by atoms with E-state index in [1.54, 1.807) is 146 Å².